The Labute approximate surface area is 138 Å². The zero-order valence-corrected chi connectivity index (χ0v) is 12.9. The summed E-state index contributed by atoms with van der Waals surface area (Å²) in [6, 6.07) is 0. The van der Waals surface area contributed by atoms with Gasteiger partial charge in [0.25, 0.3) is 0 Å². The van der Waals surface area contributed by atoms with Crippen LogP contribution in [0.4, 0.5) is 0 Å². The van der Waals surface area contributed by atoms with Crippen molar-refractivity contribution in [2.75, 3.05) is 0 Å². The van der Waals surface area contributed by atoms with Crippen LogP contribution in [0.15, 0.2) is 12.3 Å². The van der Waals surface area contributed by atoms with E-state index in [4.69, 9.17) is 58.4 Å². The van der Waals surface area contributed by atoms with Crippen LogP contribution in [-0.2, 0) is 0 Å². The molecule has 0 aliphatic carbocycles. The van der Waals surface area contributed by atoms with Crippen molar-refractivity contribution in [3.05, 3.63) is 12.3 Å². The van der Waals surface area contributed by atoms with Crippen molar-refractivity contribution in [1.82, 2.24) is 9.06 Å². The van der Waals surface area contributed by atoms with Crippen LogP contribution in [0.5, 0.6) is 0 Å². The molecule has 0 aromatic heterocycles. The minimum atomic E-state index is -1.42. The van der Waals surface area contributed by atoms with Crippen LogP contribution in [0.2, 0.25) is 0 Å². The van der Waals surface area contributed by atoms with Gasteiger partial charge in [-0.1, -0.05) is 27.7 Å². The molecule has 1 rings (SSSR count). The van der Waals surface area contributed by atoms with Gasteiger partial charge in [-0.05, 0) is 6.08 Å². The fourth-order valence-electron chi connectivity index (χ4n) is 0.550. The Bertz CT molecular complexity index is 186. The quantitative estimate of drug-likeness (QED) is 0.293. The van der Waals surface area contributed by atoms with Crippen LogP contribution in [0.3, 0.4) is 0 Å². The molecule has 0 saturated carbocycles. The predicted molar refractivity (Wildman–Crippen MR) is 54.4 cm³/mol. The third kappa shape index (κ3) is 3.04. The van der Waals surface area contributed by atoms with Gasteiger partial charge in [0, 0.05) is 81.1 Å². The maximum absolute atomic E-state index is 5.72. The first-order chi connectivity index (χ1) is 4.96. The number of halogens is 5. The second-order valence-corrected chi connectivity index (χ2v) is 4.36. The van der Waals surface area contributed by atoms with E-state index in [0.717, 1.165) is 9.06 Å². The average Bonchev–Trinajstić information content (AvgIpc) is 1.95. The van der Waals surface area contributed by atoms with E-state index in [0.29, 0.717) is 0 Å². The molecule has 0 spiro atoms. The molecule has 0 bridgehead atoms. The summed E-state index contributed by atoms with van der Waals surface area (Å²) in [6.07, 6.45) is 2.99. The zero-order chi connectivity index (χ0) is 8.65. The van der Waals surface area contributed by atoms with E-state index in [2.05, 4.69) is 0 Å². The van der Waals surface area contributed by atoms with E-state index in [9.17, 15) is 0 Å². The molecular formula is C4H3Cl5KN2. The Morgan fingerprint density at radius 2 is 1.75 bits per heavy atom. The predicted octanol–water partition coefficient (Wildman–Crippen LogP) is 2.70. The fourth-order valence-corrected chi connectivity index (χ4v) is 1.48. The van der Waals surface area contributed by atoms with Gasteiger partial charge in [-0.25, -0.2) is 4.53 Å². The van der Waals surface area contributed by atoms with Gasteiger partial charge in [0.15, 0.2) is 0 Å². The summed E-state index contributed by atoms with van der Waals surface area (Å²) in [5, 5.41) is -0.599. The first-order valence-electron chi connectivity index (χ1n) is 2.57. The number of hydrogen-bond acceptors (Lipinski definition) is 2. The van der Waals surface area contributed by atoms with Gasteiger partial charge in [0.05, 0.1) is 0 Å². The number of alkyl halides is 3. The molecule has 0 aromatic rings. The van der Waals surface area contributed by atoms with Crippen molar-refractivity contribution in [2.24, 2.45) is 0 Å². The van der Waals surface area contributed by atoms with Crippen LogP contribution >= 0.6 is 58.4 Å². The molecule has 0 amide bonds. The van der Waals surface area contributed by atoms with E-state index >= 15 is 0 Å². The zero-order valence-electron chi connectivity index (χ0n) is 6.02. The summed E-state index contributed by atoms with van der Waals surface area (Å²) in [5.41, 5.74) is 0. The Kier molecular flexibility index (Phi) is 6.82. The van der Waals surface area contributed by atoms with E-state index in [1.165, 1.54) is 12.3 Å². The number of hydrogen-bond donors (Lipinski definition) is 0. The van der Waals surface area contributed by atoms with E-state index in [-0.39, 0.29) is 51.4 Å². The van der Waals surface area contributed by atoms with Crippen LogP contribution in [0, 0.1) is 0 Å². The van der Waals surface area contributed by atoms with Gasteiger partial charge >= 0.3 is 0 Å². The van der Waals surface area contributed by atoms with Crippen molar-refractivity contribution in [2.45, 2.75) is 9.83 Å². The fraction of sp³-hybridized carbons (Fsp3) is 0.500. The van der Waals surface area contributed by atoms with E-state index < -0.39 is 9.83 Å². The molecular weight excluding hydrogens is 292 g/mol. The van der Waals surface area contributed by atoms with Crippen LogP contribution < -0.4 is 0 Å². The summed E-state index contributed by atoms with van der Waals surface area (Å²) in [4.78, 5) is 0. The summed E-state index contributed by atoms with van der Waals surface area (Å²) in [6.45, 7) is 0. The molecule has 2 nitrogen and oxygen atoms in total. The molecule has 1 radical (unpaired) electrons. The molecule has 0 aromatic carbocycles. The molecule has 65 valence electrons. The molecule has 1 aliphatic rings. The number of hydrazine groups is 1. The minimum Gasteiger partial charge on any atom is -0.205 e. The van der Waals surface area contributed by atoms with E-state index in [1.807, 2.05) is 0 Å². The standard InChI is InChI=1S/C4H3Cl5N2.K/c5-3-1-2-10(8)11(9)4(3,6)7;/h1-3H;. The molecule has 0 fully saturated rings. The van der Waals surface area contributed by atoms with Gasteiger partial charge in [-0.3, -0.25) is 0 Å². The van der Waals surface area contributed by atoms with Crippen LogP contribution in [0.25, 0.3) is 0 Å². The number of rotatable bonds is 0. The minimum absolute atomic E-state index is 0. The van der Waals surface area contributed by atoms with Crippen molar-refractivity contribution in [3.63, 3.8) is 0 Å². The van der Waals surface area contributed by atoms with E-state index in [1.54, 1.807) is 0 Å². The van der Waals surface area contributed by atoms with Crippen molar-refractivity contribution >= 4 is 110 Å². The summed E-state index contributed by atoms with van der Waals surface area (Å²) in [5.74, 6) is 0. The van der Waals surface area contributed by atoms with Gasteiger partial charge in [-0.15, -0.1) is 11.6 Å². The molecule has 8 heteroatoms. The van der Waals surface area contributed by atoms with Crippen LogP contribution in [-0.4, -0.2) is 70.3 Å². The van der Waals surface area contributed by atoms with Gasteiger partial charge in [-0.2, -0.15) is 0 Å². The van der Waals surface area contributed by atoms with Crippen molar-refractivity contribution in [3.8, 4) is 0 Å². The third-order valence-corrected chi connectivity index (χ3v) is 3.54. The Morgan fingerprint density at radius 1 is 1.25 bits per heavy atom. The Hall–Kier alpha value is 2.59. The number of nitrogens with zero attached hydrogens (tertiary/aromatic N) is 2. The SMILES string of the molecule is ClC1C=CN(Cl)N(Cl)C1(Cl)Cl.[K]. The van der Waals surface area contributed by atoms with Crippen molar-refractivity contribution < 1.29 is 0 Å². The summed E-state index contributed by atoms with van der Waals surface area (Å²) >= 11 is 28.3. The largest absolute Gasteiger partial charge is 0.223 e. The second kappa shape index (κ2) is 5.61. The van der Waals surface area contributed by atoms with Crippen LogP contribution in [0.1, 0.15) is 0 Å². The maximum Gasteiger partial charge on any atom is 0.223 e. The molecule has 0 N–H and O–H groups in total. The average molecular weight is 295 g/mol. The smallest absolute Gasteiger partial charge is 0.205 e. The molecule has 0 saturated heterocycles. The summed E-state index contributed by atoms with van der Waals surface area (Å²) < 4.78 is 0.495. The van der Waals surface area contributed by atoms with Gasteiger partial charge in [0.1, 0.15) is 5.38 Å². The second-order valence-electron chi connectivity index (χ2n) is 1.88. The first kappa shape index (κ1) is 14.6. The Balaban J connectivity index is 0.00000121. The molecule has 1 heterocycles. The monoisotopic (exact) mass is 293 g/mol. The van der Waals surface area contributed by atoms with Crippen molar-refractivity contribution in [1.29, 1.82) is 0 Å². The molecule has 1 aliphatic heterocycles. The third-order valence-electron chi connectivity index (χ3n) is 1.12. The Morgan fingerprint density at radius 3 is 2.17 bits per heavy atom. The first-order valence-corrected chi connectivity index (χ1v) is 4.44. The van der Waals surface area contributed by atoms with Gasteiger partial charge < -0.3 is 0 Å². The maximum atomic E-state index is 5.72. The molecule has 12 heavy (non-hydrogen) atoms. The van der Waals surface area contributed by atoms with Gasteiger partial charge in [0.2, 0.25) is 4.46 Å². The summed E-state index contributed by atoms with van der Waals surface area (Å²) in [7, 11) is 0. The topological polar surface area (TPSA) is 6.48 Å². The molecule has 1 unspecified atom stereocenters. The normalized spacial score (nSPS) is 28.4. The molecule has 1 atom stereocenters.